The summed E-state index contributed by atoms with van der Waals surface area (Å²) in [7, 11) is 0. The van der Waals surface area contributed by atoms with Crippen LogP contribution in [0, 0.1) is 17.0 Å². The molecule has 5 heteroatoms. The number of likely N-dealkylation sites (tertiary alicyclic amines) is 1. The van der Waals surface area contributed by atoms with Gasteiger partial charge < -0.3 is 10.2 Å². The molecule has 2 atom stereocenters. The topological polar surface area (TPSA) is 43.7 Å². The largest absolute Gasteiger partial charge is 0.396 e. The van der Waals surface area contributed by atoms with Crippen molar-refractivity contribution >= 4 is 0 Å². The van der Waals surface area contributed by atoms with Gasteiger partial charge in [0.15, 0.2) is 0 Å². The first-order valence-electron chi connectivity index (χ1n) is 7.46. The van der Waals surface area contributed by atoms with Gasteiger partial charge in [-0.25, -0.2) is 8.78 Å². The number of hydrogen-bond donors (Lipinski definition) is 2. The second-order valence-corrected chi connectivity index (χ2v) is 6.01. The Hall–Kier alpha value is -1.04. The van der Waals surface area contributed by atoms with Crippen LogP contribution in [-0.4, -0.2) is 40.9 Å². The zero-order valence-electron chi connectivity index (χ0n) is 12.4. The van der Waals surface area contributed by atoms with Crippen molar-refractivity contribution in [1.82, 2.24) is 4.90 Å². The second kappa shape index (κ2) is 6.81. The third kappa shape index (κ3) is 3.59. The monoisotopic (exact) mass is 299 g/mol. The van der Waals surface area contributed by atoms with Gasteiger partial charge in [-0.1, -0.05) is 19.4 Å². The first-order chi connectivity index (χ1) is 10.0. The summed E-state index contributed by atoms with van der Waals surface area (Å²) in [5.74, 6) is -1.14. The molecule has 1 aliphatic rings. The molecule has 0 bridgehead atoms. The highest BCUT2D eigenvalue weighted by atomic mass is 19.1. The fourth-order valence-electron chi connectivity index (χ4n) is 3.16. The highest BCUT2D eigenvalue weighted by Crippen LogP contribution is 2.36. The molecule has 0 amide bonds. The zero-order chi connectivity index (χ0) is 15.5. The molecule has 21 heavy (non-hydrogen) atoms. The van der Waals surface area contributed by atoms with Gasteiger partial charge >= 0.3 is 0 Å². The van der Waals surface area contributed by atoms with E-state index in [1.807, 2.05) is 11.8 Å². The van der Waals surface area contributed by atoms with Crippen LogP contribution >= 0.6 is 0 Å². The summed E-state index contributed by atoms with van der Waals surface area (Å²) in [5.41, 5.74) is -0.0114. The number of benzene rings is 1. The second-order valence-electron chi connectivity index (χ2n) is 6.01. The molecule has 0 spiro atoms. The summed E-state index contributed by atoms with van der Waals surface area (Å²) in [6, 6.07) is 3.57. The maximum absolute atomic E-state index is 13.7. The minimum absolute atomic E-state index is 0.0270. The first-order valence-corrected chi connectivity index (χ1v) is 7.46. The predicted octanol–water partition coefficient (Wildman–Crippen LogP) is 2.31. The number of piperidine rings is 1. The van der Waals surface area contributed by atoms with Crippen LogP contribution in [0.1, 0.15) is 31.7 Å². The Bertz CT molecular complexity index is 483. The molecule has 3 nitrogen and oxygen atoms in total. The molecule has 0 radical (unpaired) electrons. The molecule has 0 saturated carbocycles. The van der Waals surface area contributed by atoms with Crippen LogP contribution in [0.3, 0.4) is 0 Å². The number of halogens is 2. The molecule has 1 aromatic carbocycles. The molecule has 1 saturated heterocycles. The van der Waals surface area contributed by atoms with Gasteiger partial charge in [0.2, 0.25) is 0 Å². The Balaban J connectivity index is 2.02. The van der Waals surface area contributed by atoms with Crippen LogP contribution in [0.5, 0.6) is 0 Å². The van der Waals surface area contributed by atoms with E-state index < -0.39 is 23.2 Å². The van der Waals surface area contributed by atoms with E-state index in [1.165, 1.54) is 12.1 Å². The van der Waals surface area contributed by atoms with E-state index in [9.17, 15) is 19.0 Å². The van der Waals surface area contributed by atoms with Crippen LogP contribution in [0.25, 0.3) is 0 Å². The highest BCUT2D eigenvalue weighted by Gasteiger charge is 2.41. The first kappa shape index (κ1) is 16.3. The standard InChI is InChI=1S/C16H23F2NO2/c1-2-5-16(11-20)6-7-19(10-15(16)21)9-12-3-4-13(17)8-14(12)18/h3-4,8,15,20-21H,2,5-7,9-11H2,1H3/t15-,16-/m1/s1. The van der Waals surface area contributed by atoms with E-state index in [-0.39, 0.29) is 6.61 Å². The average Bonchev–Trinajstić information content (AvgIpc) is 2.45. The van der Waals surface area contributed by atoms with Crippen molar-refractivity contribution in [3.05, 3.63) is 35.4 Å². The number of nitrogens with zero attached hydrogens (tertiary/aromatic N) is 1. The minimum Gasteiger partial charge on any atom is -0.396 e. The minimum atomic E-state index is -0.625. The number of rotatable bonds is 5. The van der Waals surface area contributed by atoms with Crippen LogP contribution < -0.4 is 0 Å². The Labute approximate surface area is 124 Å². The lowest BCUT2D eigenvalue weighted by Crippen LogP contribution is -2.52. The van der Waals surface area contributed by atoms with E-state index in [0.29, 0.717) is 31.6 Å². The Morgan fingerprint density at radius 2 is 2.14 bits per heavy atom. The quantitative estimate of drug-likeness (QED) is 0.877. The average molecular weight is 299 g/mol. The predicted molar refractivity (Wildman–Crippen MR) is 76.7 cm³/mol. The lowest BCUT2D eigenvalue weighted by molar-refractivity contribution is -0.0804. The summed E-state index contributed by atoms with van der Waals surface area (Å²) < 4.78 is 26.6. The normalized spacial score (nSPS) is 27.0. The van der Waals surface area contributed by atoms with Gasteiger partial charge in [0.05, 0.1) is 12.7 Å². The lowest BCUT2D eigenvalue weighted by atomic mass is 9.73. The van der Waals surface area contributed by atoms with E-state index in [1.54, 1.807) is 0 Å². The van der Waals surface area contributed by atoms with E-state index in [4.69, 9.17) is 0 Å². The molecule has 118 valence electrons. The van der Waals surface area contributed by atoms with E-state index >= 15 is 0 Å². The van der Waals surface area contributed by atoms with Gasteiger partial charge in [-0.05, 0) is 25.5 Å². The van der Waals surface area contributed by atoms with Crippen molar-refractivity contribution < 1.29 is 19.0 Å². The maximum atomic E-state index is 13.7. The fraction of sp³-hybridized carbons (Fsp3) is 0.625. The molecule has 2 N–H and O–H groups in total. The van der Waals surface area contributed by atoms with Crippen molar-refractivity contribution in [2.75, 3.05) is 19.7 Å². The van der Waals surface area contributed by atoms with Gasteiger partial charge in [0.25, 0.3) is 0 Å². The van der Waals surface area contributed by atoms with Gasteiger partial charge in [-0.3, -0.25) is 4.90 Å². The summed E-state index contributed by atoms with van der Waals surface area (Å²) >= 11 is 0. The van der Waals surface area contributed by atoms with Crippen molar-refractivity contribution in [1.29, 1.82) is 0 Å². The van der Waals surface area contributed by atoms with E-state index in [0.717, 1.165) is 18.9 Å². The molecule has 1 fully saturated rings. The van der Waals surface area contributed by atoms with Crippen molar-refractivity contribution in [2.24, 2.45) is 5.41 Å². The molecule has 1 aliphatic heterocycles. The molecule has 0 aliphatic carbocycles. The summed E-state index contributed by atoms with van der Waals surface area (Å²) in [4.78, 5) is 1.95. The van der Waals surface area contributed by atoms with Gasteiger partial charge in [-0.15, -0.1) is 0 Å². The molecule has 2 rings (SSSR count). The Morgan fingerprint density at radius 1 is 1.38 bits per heavy atom. The number of β-amino-alcohol motifs (C(OH)–C–C–N with tert-alkyl or cyclic N) is 1. The summed E-state index contributed by atoms with van der Waals surface area (Å²) in [6.45, 7) is 3.44. The molecule has 0 unspecified atom stereocenters. The smallest absolute Gasteiger partial charge is 0.130 e. The van der Waals surface area contributed by atoms with Gasteiger partial charge in [-0.2, -0.15) is 0 Å². The van der Waals surface area contributed by atoms with Crippen LogP contribution in [-0.2, 0) is 6.54 Å². The third-order valence-corrected chi connectivity index (χ3v) is 4.54. The lowest BCUT2D eigenvalue weighted by Gasteiger charge is -2.44. The highest BCUT2D eigenvalue weighted by molar-refractivity contribution is 5.18. The third-order valence-electron chi connectivity index (χ3n) is 4.54. The number of aliphatic hydroxyl groups is 2. The summed E-state index contributed by atoms with van der Waals surface area (Å²) in [5, 5.41) is 20.0. The van der Waals surface area contributed by atoms with Crippen LogP contribution in [0.15, 0.2) is 18.2 Å². The van der Waals surface area contributed by atoms with Crippen molar-refractivity contribution in [3.8, 4) is 0 Å². The molecule has 1 heterocycles. The fourth-order valence-corrected chi connectivity index (χ4v) is 3.16. The van der Waals surface area contributed by atoms with Crippen molar-refractivity contribution in [2.45, 2.75) is 38.8 Å². The SMILES string of the molecule is CCC[C@]1(CO)CCN(Cc2ccc(F)cc2F)C[C@H]1O. The molecular weight excluding hydrogens is 276 g/mol. The molecule has 0 aromatic heterocycles. The van der Waals surface area contributed by atoms with Gasteiger partial charge in [0.1, 0.15) is 11.6 Å². The molecule has 1 aromatic rings. The van der Waals surface area contributed by atoms with E-state index in [2.05, 4.69) is 0 Å². The maximum Gasteiger partial charge on any atom is 0.130 e. The Morgan fingerprint density at radius 3 is 2.71 bits per heavy atom. The van der Waals surface area contributed by atoms with Crippen LogP contribution in [0.4, 0.5) is 8.78 Å². The zero-order valence-corrected chi connectivity index (χ0v) is 12.4. The number of aliphatic hydroxyl groups excluding tert-OH is 2. The summed E-state index contributed by atoms with van der Waals surface area (Å²) in [6.07, 6.45) is 1.74. The number of hydrogen-bond acceptors (Lipinski definition) is 3. The van der Waals surface area contributed by atoms with Gasteiger partial charge in [0, 0.05) is 30.1 Å². The Kier molecular flexibility index (Phi) is 5.30. The van der Waals surface area contributed by atoms with Crippen LogP contribution in [0.2, 0.25) is 0 Å². The van der Waals surface area contributed by atoms with Crippen molar-refractivity contribution in [3.63, 3.8) is 0 Å². The molecular formula is C16H23F2NO2.